The zero-order valence-corrected chi connectivity index (χ0v) is 11.1. The SMILES string of the molecule is CCN(C(=O)CNCCN(C)C1CC1)C1CC1. The highest BCUT2D eigenvalue weighted by molar-refractivity contribution is 5.78. The highest BCUT2D eigenvalue weighted by Crippen LogP contribution is 2.26. The molecule has 4 heteroatoms. The molecule has 2 saturated carbocycles. The van der Waals surface area contributed by atoms with Gasteiger partial charge in [0, 0.05) is 31.7 Å². The van der Waals surface area contributed by atoms with E-state index in [2.05, 4.69) is 24.2 Å². The highest BCUT2D eigenvalue weighted by Gasteiger charge is 2.31. The summed E-state index contributed by atoms with van der Waals surface area (Å²) >= 11 is 0. The molecule has 0 spiro atoms. The minimum Gasteiger partial charge on any atom is -0.339 e. The van der Waals surface area contributed by atoms with E-state index in [-0.39, 0.29) is 5.91 Å². The molecule has 0 saturated heterocycles. The predicted octanol–water partition coefficient (Wildman–Crippen LogP) is 0.681. The van der Waals surface area contributed by atoms with Gasteiger partial charge in [-0.3, -0.25) is 4.79 Å². The molecule has 2 rings (SSSR count). The van der Waals surface area contributed by atoms with Gasteiger partial charge in [0.15, 0.2) is 0 Å². The van der Waals surface area contributed by atoms with Gasteiger partial charge in [-0.15, -0.1) is 0 Å². The summed E-state index contributed by atoms with van der Waals surface area (Å²) in [5.41, 5.74) is 0. The molecule has 17 heavy (non-hydrogen) atoms. The van der Waals surface area contributed by atoms with Crippen LogP contribution in [0.2, 0.25) is 0 Å². The van der Waals surface area contributed by atoms with Crippen LogP contribution in [0, 0.1) is 0 Å². The lowest BCUT2D eigenvalue weighted by Crippen LogP contribution is -2.41. The topological polar surface area (TPSA) is 35.6 Å². The lowest BCUT2D eigenvalue weighted by Gasteiger charge is -2.21. The maximum atomic E-state index is 11.9. The van der Waals surface area contributed by atoms with Crippen molar-refractivity contribution >= 4 is 5.91 Å². The van der Waals surface area contributed by atoms with E-state index in [4.69, 9.17) is 0 Å². The molecule has 0 aliphatic heterocycles. The molecule has 0 aromatic rings. The molecule has 2 fully saturated rings. The lowest BCUT2D eigenvalue weighted by atomic mass is 10.4. The van der Waals surface area contributed by atoms with Crippen LogP contribution in [0.3, 0.4) is 0 Å². The first-order chi connectivity index (χ1) is 8.22. The van der Waals surface area contributed by atoms with Gasteiger partial charge < -0.3 is 15.1 Å². The third kappa shape index (κ3) is 3.96. The Morgan fingerprint density at radius 3 is 2.41 bits per heavy atom. The number of likely N-dealkylation sites (N-methyl/N-ethyl adjacent to an activating group) is 2. The molecular formula is C13H25N3O. The standard InChI is InChI=1S/C13H25N3O/c1-3-16(12-6-7-12)13(17)10-14-8-9-15(2)11-4-5-11/h11-12,14H,3-10H2,1-2H3. The number of carbonyl (C=O) groups excluding carboxylic acids is 1. The summed E-state index contributed by atoms with van der Waals surface area (Å²) < 4.78 is 0. The number of hydrogen-bond donors (Lipinski definition) is 1. The van der Waals surface area contributed by atoms with E-state index < -0.39 is 0 Å². The molecule has 0 aromatic carbocycles. The van der Waals surface area contributed by atoms with Gasteiger partial charge in [-0.25, -0.2) is 0 Å². The van der Waals surface area contributed by atoms with E-state index in [1.54, 1.807) is 0 Å². The monoisotopic (exact) mass is 239 g/mol. The molecular weight excluding hydrogens is 214 g/mol. The number of rotatable bonds is 8. The second-order valence-electron chi connectivity index (χ2n) is 5.30. The number of nitrogens with one attached hydrogen (secondary N) is 1. The van der Waals surface area contributed by atoms with Crippen molar-refractivity contribution in [2.75, 3.05) is 33.2 Å². The summed E-state index contributed by atoms with van der Waals surface area (Å²) in [5.74, 6) is 0.268. The van der Waals surface area contributed by atoms with Crippen molar-refractivity contribution in [1.29, 1.82) is 0 Å². The Morgan fingerprint density at radius 1 is 1.24 bits per heavy atom. The second-order valence-corrected chi connectivity index (χ2v) is 5.30. The van der Waals surface area contributed by atoms with E-state index in [1.165, 1.54) is 25.7 Å². The zero-order chi connectivity index (χ0) is 12.3. The minimum atomic E-state index is 0.268. The number of nitrogens with zero attached hydrogens (tertiary/aromatic N) is 2. The molecule has 2 aliphatic rings. The van der Waals surface area contributed by atoms with Gasteiger partial charge in [0.05, 0.1) is 6.54 Å². The van der Waals surface area contributed by atoms with E-state index in [0.29, 0.717) is 12.6 Å². The largest absolute Gasteiger partial charge is 0.339 e. The van der Waals surface area contributed by atoms with Crippen molar-refractivity contribution < 1.29 is 4.79 Å². The van der Waals surface area contributed by atoms with E-state index >= 15 is 0 Å². The molecule has 0 atom stereocenters. The van der Waals surface area contributed by atoms with Crippen LogP contribution in [0.1, 0.15) is 32.6 Å². The van der Waals surface area contributed by atoms with Gasteiger partial charge in [-0.2, -0.15) is 0 Å². The van der Waals surface area contributed by atoms with Crippen molar-refractivity contribution in [1.82, 2.24) is 15.1 Å². The van der Waals surface area contributed by atoms with Crippen molar-refractivity contribution in [3.8, 4) is 0 Å². The summed E-state index contributed by atoms with van der Waals surface area (Å²) in [6.07, 6.45) is 5.09. The van der Waals surface area contributed by atoms with Gasteiger partial charge in [-0.05, 0) is 39.7 Å². The van der Waals surface area contributed by atoms with E-state index in [9.17, 15) is 4.79 Å². The maximum Gasteiger partial charge on any atom is 0.236 e. The van der Waals surface area contributed by atoms with Crippen LogP contribution in [-0.4, -0.2) is 61.0 Å². The summed E-state index contributed by atoms with van der Waals surface area (Å²) in [6, 6.07) is 1.36. The zero-order valence-electron chi connectivity index (χ0n) is 11.1. The molecule has 0 radical (unpaired) electrons. The van der Waals surface area contributed by atoms with Gasteiger partial charge in [0.25, 0.3) is 0 Å². The summed E-state index contributed by atoms with van der Waals surface area (Å²) in [5, 5.41) is 3.26. The molecule has 1 N–H and O–H groups in total. The smallest absolute Gasteiger partial charge is 0.236 e. The number of amides is 1. The van der Waals surface area contributed by atoms with Gasteiger partial charge >= 0.3 is 0 Å². The lowest BCUT2D eigenvalue weighted by molar-refractivity contribution is -0.130. The van der Waals surface area contributed by atoms with Gasteiger partial charge in [0.1, 0.15) is 0 Å². The van der Waals surface area contributed by atoms with E-state index in [0.717, 1.165) is 25.7 Å². The van der Waals surface area contributed by atoms with Crippen LogP contribution in [-0.2, 0) is 4.79 Å². The van der Waals surface area contributed by atoms with Crippen molar-refractivity contribution in [3.63, 3.8) is 0 Å². The molecule has 2 aliphatic carbocycles. The Morgan fingerprint density at radius 2 is 1.88 bits per heavy atom. The fourth-order valence-corrected chi connectivity index (χ4v) is 2.27. The van der Waals surface area contributed by atoms with Crippen molar-refractivity contribution in [2.45, 2.75) is 44.7 Å². The van der Waals surface area contributed by atoms with Gasteiger partial charge in [0.2, 0.25) is 5.91 Å². The molecule has 0 aromatic heterocycles. The molecule has 1 amide bonds. The predicted molar refractivity (Wildman–Crippen MR) is 68.9 cm³/mol. The average molecular weight is 239 g/mol. The molecule has 0 bridgehead atoms. The first-order valence-corrected chi connectivity index (χ1v) is 6.92. The second kappa shape index (κ2) is 5.83. The van der Waals surface area contributed by atoms with Crippen LogP contribution in [0.5, 0.6) is 0 Å². The van der Waals surface area contributed by atoms with Crippen LogP contribution in [0.4, 0.5) is 0 Å². The fourth-order valence-electron chi connectivity index (χ4n) is 2.27. The van der Waals surface area contributed by atoms with Crippen LogP contribution in [0.25, 0.3) is 0 Å². The Balaban J connectivity index is 1.55. The highest BCUT2D eigenvalue weighted by atomic mass is 16.2. The quantitative estimate of drug-likeness (QED) is 0.633. The molecule has 0 heterocycles. The number of carbonyl (C=O) groups is 1. The van der Waals surface area contributed by atoms with Crippen LogP contribution >= 0.6 is 0 Å². The Hall–Kier alpha value is -0.610. The van der Waals surface area contributed by atoms with Crippen molar-refractivity contribution in [2.24, 2.45) is 0 Å². The van der Waals surface area contributed by atoms with Crippen LogP contribution < -0.4 is 5.32 Å². The van der Waals surface area contributed by atoms with Crippen molar-refractivity contribution in [3.05, 3.63) is 0 Å². The molecule has 4 nitrogen and oxygen atoms in total. The summed E-state index contributed by atoms with van der Waals surface area (Å²) in [7, 11) is 2.17. The minimum absolute atomic E-state index is 0.268. The fraction of sp³-hybridized carbons (Fsp3) is 0.923. The normalized spacial score (nSPS) is 19.7. The third-order valence-corrected chi connectivity index (χ3v) is 3.74. The average Bonchev–Trinajstić information content (AvgIpc) is 3.17. The first kappa shape index (κ1) is 12.8. The molecule has 98 valence electrons. The Bertz CT molecular complexity index is 261. The number of hydrogen-bond acceptors (Lipinski definition) is 3. The Kier molecular flexibility index (Phi) is 4.40. The summed E-state index contributed by atoms with van der Waals surface area (Å²) in [4.78, 5) is 16.3. The van der Waals surface area contributed by atoms with Gasteiger partial charge in [-0.1, -0.05) is 0 Å². The Labute approximate surface area is 104 Å². The molecule has 0 unspecified atom stereocenters. The third-order valence-electron chi connectivity index (χ3n) is 3.74. The summed E-state index contributed by atoms with van der Waals surface area (Å²) in [6.45, 7) is 5.39. The van der Waals surface area contributed by atoms with Crippen LogP contribution in [0.15, 0.2) is 0 Å². The van der Waals surface area contributed by atoms with E-state index in [1.807, 2.05) is 4.90 Å². The maximum absolute atomic E-state index is 11.9. The first-order valence-electron chi connectivity index (χ1n) is 6.92.